The van der Waals surface area contributed by atoms with Crippen LogP contribution >= 0.6 is 0 Å². The topological polar surface area (TPSA) is 187 Å². The monoisotopic (exact) mass is 485 g/mol. The summed E-state index contributed by atoms with van der Waals surface area (Å²) in [4.78, 5) is 58.4. The third-order valence-corrected chi connectivity index (χ3v) is 4.48. The van der Waals surface area contributed by atoms with Crippen molar-refractivity contribution in [1.82, 2.24) is 0 Å². The molecule has 14 nitrogen and oxygen atoms in total. The van der Waals surface area contributed by atoms with Crippen molar-refractivity contribution in [2.45, 2.75) is 58.1 Å². The number of nitro groups is 1. The zero-order chi connectivity index (χ0) is 25.6. The molecule has 1 aromatic carbocycles. The first-order valence-electron chi connectivity index (χ1n) is 9.78. The van der Waals surface area contributed by atoms with Crippen LogP contribution in [0.5, 0.6) is 5.75 Å². The molecular formula is C20H23NO13. The molecule has 2 unspecified atom stereocenters. The first-order chi connectivity index (χ1) is 16.0. The van der Waals surface area contributed by atoms with Crippen LogP contribution in [0.1, 0.15) is 26.3 Å². The molecule has 1 fully saturated rings. The van der Waals surface area contributed by atoms with Gasteiger partial charge < -0.3 is 33.5 Å². The maximum atomic E-state index is 12.4. The number of aliphatic hydroxyl groups excluding tert-OH is 1. The number of carbonyl (C=O) groups is 4. The molecule has 1 aliphatic rings. The van der Waals surface area contributed by atoms with Gasteiger partial charge in [-0.15, -0.1) is 0 Å². The average molecular weight is 485 g/mol. The molecule has 1 saturated heterocycles. The molecule has 0 bridgehead atoms. The van der Waals surface area contributed by atoms with Crippen molar-refractivity contribution >= 4 is 29.6 Å². The largest absolute Gasteiger partial charge is 0.467 e. The number of hydrogen-bond donors (Lipinski definition) is 1. The van der Waals surface area contributed by atoms with E-state index < -0.39 is 71.8 Å². The summed E-state index contributed by atoms with van der Waals surface area (Å²) in [5.41, 5.74) is -0.363. The molecule has 5 atom stereocenters. The van der Waals surface area contributed by atoms with E-state index in [9.17, 15) is 34.4 Å². The minimum Gasteiger partial charge on any atom is -0.467 e. The molecule has 1 heterocycles. The van der Waals surface area contributed by atoms with Crippen molar-refractivity contribution in [3.63, 3.8) is 0 Å². The molecule has 0 saturated carbocycles. The Hall–Kier alpha value is -3.78. The second-order valence-corrected chi connectivity index (χ2v) is 7.01. The number of ether oxygens (including phenoxy) is 6. The quantitative estimate of drug-likeness (QED) is 0.227. The molecule has 34 heavy (non-hydrogen) atoms. The summed E-state index contributed by atoms with van der Waals surface area (Å²) >= 11 is 0. The lowest BCUT2D eigenvalue weighted by Gasteiger charge is -2.42. The number of rotatable bonds is 8. The molecule has 1 aromatic rings. The SMILES string of the molecule is COC(=O)C1O[C@@H](Oc2ccc(CO)cc2[N+](=O)[O-])C(OC(C)=O)[C@@H](OC(C)=O)[C@@H]1OC(C)=O. The maximum absolute atomic E-state index is 12.4. The highest BCUT2D eigenvalue weighted by molar-refractivity contribution is 5.77. The number of esters is 4. The Balaban J connectivity index is 2.58. The standard InChI is InChI=1S/C20H23NO13/c1-9(23)30-15-16(31-10(2)24)18(32-11(3)25)20(34-17(15)19(26)29-4)33-14-6-5-12(8-22)7-13(14)21(27)28/h5-7,15-18,20,22H,8H2,1-4H3/t15-,16-,17?,18?,20+/m0/s1. The lowest BCUT2D eigenvalue weighted by atomic mass is 9.97. The van der Waals surface area contributed by atoms with E-state index in [-0.39, 0.29) is 11.3 Å². The number of carbonyl (C=O) groups excluding carboxylic acids is 4. The highest BCUT2D eigenvalue weighted by Gasteiger charge is 2.56. The Morgan fingerprint density at radius 2 is 1.56 bits per heavy atom. The van der Waals surface area contributed by atoms with Gasteiger partial charge in [0.15, 0.2) is 24.1 Å². The number of aliphatic hydroxyl groups is 1. The van der Waals surface area contributed by atoms with Gasteiger partial charge in [0, 0.05) is 26.8 Å². The molecule has 14 heteroatoms. The lowest BCUT2D eigenvalue weighted by molar-refractivity contribution is -0.387. The zero-order valence-corrected chi connectivity index (χ0v) is 18.6. The van der Waals surface area contributed by atoms with Gasteiger partial charge >= 0.3 is 29.6 Å². The van der Waals surface area contributed by atoms with Crippen molar-refractivity contribution in [3.8, 4) is 5.75 Å². The molecular weight excluding hydrogens is 462 g/mol. The van der Waals surface area contributed by atoms with Gasteiger partial charge in [-0.2, -0.15) is 0 Å². The van der Waals surface area contributed by atoms with Crippen molar-refractivity contribution < 1.29 is 57.6 Å². The van der Waals surface area contributed by atoms with E-state index in [1.54, 1.807) is 0 Å². The van der Waals surface area contributed by atoms with Crippen LogP contribution < -0.4 is 4.74 Å². The van der Waals surface area contributed by atoms with E-state index >= 15 is 0 Å². The minimum atomic E-state index is -1.75. The highest BCUT2D eigenvalue weighted by Crippen LogP contribution is 2.35. The third-order valence-electron chi connectivity index (χ3n) is 4.48. The van der Waals surface area contributed by atoms with Gasteiger partial charge in [-0.05, 0) is 11.6 Å². The van der Waals surface area contributed by atoms with Crippen LogP contribution in [0.25, 0.3) is 0 Å². The summed E-state index contributed by atoms with van der Waals surface area (Å²) in [6.07, 6.45) is -8.30. The van der Waals surface area contributed by atoms with Gasteiger partial charge in [0.25, 0.3) is 0 Å². The molecule has 0 amide bonds. The van der Waals surface area contributed by atoms with Gasteiger partial charge in [0.2, 0.25) is 12.4 Å². The maximum Gasteiger partial charge on any atom is 0.339 e. The van der Waals surface area contributed by atoms with E-state index in [0.717, 1.165) is 40.0 Å². The molecule has 0 spiro atoms. The van der Waals surface area contributed by atoms with Gasteiger partial charge in [0.05, 0.1) is 18.6 Å². The lowest BCUT2D eigenvalue weighted by Crippen LogP contribution is -2.64. The summed E-state index contributed by atoms with van der Waals surface area (Å²) in [6, 6.07) is 3.53. The Bertz CT molecular complexity index is 962. The van der Waals surface area contributed by atoms with E-state index in [0.29, 0.717) is 0 Å². The predicted molar refractivity (Wildman–Crippen MR) is 107 cm³/mol. The second kappa shape index (κ2) is 11.4. The fourth-order valence-electron chi connectivity index (χ4n) is 3.20. The smallest absolute Gasteiger partial charge is 0.339 e. The van der Waals surface area contributed by atoms with Crippen LogP contribution in [0.3, 0.4) is 0 Å². The minimum absolute atomic E-state index is 0.209. The molecule has 0 radical (unpaired) electrons. The summed E-state index contributed by atoms with van der Waals surface area (Å²) in [5, 5.41) is 20.8. The molecule has 0 aromatic heterocycles. The number of hydrogen-bond acceptors (Lipinski definition) is 13. The van der Waals surface area contributed by atoms with Gasteiger partial charge in [-0.3, -0.25) is 24.5 Å². The Morgan fingerprint density at radius 3 is 2.06 bits per heavy atom. The third kappa shape index (κ3) is 6.39. The summed E-state index contributed by atoms with van der Waals surface area (Å²) < 4.78 is 31.3. The predicted octanol–water partition coefficient (Wildman–Crippen LogP) is 0.159. The van der Waals surface area contributed by atoms with Crippen LogP contribution in [0.4, 0.5) is 5.69 Å². The molecule has 2 rings (SSSR count). The summed E-state index contributed by atoms with van der Waals surface area (Å²) in [5.74, 6) is -4.08. The van der Waals surface area contributed by atoms with E-state index in [4.69, 9.17) is 23.7 Å². The Morgan fingerprint density at radius 1 is 1.00 bits per heavy atom. The number of benzene rings is 1. The zero-order valence-electron chi connectivity index (χ0n) is 18.6. The molecule has 0 aliphatic carbocycles. The number of methoxy groups -OCH3 is 1. The fourth-order valence-corrected chi connectivity index (χ4v) is 3.20. The molecule has 186 valence electrons. The van der Waals surface area contributed by atoms with Crippen LogP contribution in [-0.2, 0) is 49.5 Å². The Kier molecular flexibility index (Phi) is 8.86. The van der Waals surface area contributed by atoms with Gasteiger partial charge in [-0.1, -0.05) is 6.07 Å². The van der Waals surface area contributed by atoms with Gasteiger partial charge in [-0.25, -0.2) is 4.79 Å². The van der Waals surface area contributed by atoms with Crippen LogP contribution in [0, 0.1) is 10.1 Å². The fraction of sp³-hybridized carbons (Fsp3) is 0.500. The summed E-state index contributed by atoms with van der Waals surface area (Å²) in [6.45, 7) is 2.58. The average Bonchev–Trinajstić information content (AvgIpc) is 2.76. The van der Waals surface area contributed by atoms with E-state index in [1.165, 1.54) is 6.07 Å². The van der Waals surface area contributed by atoms with Crippen LogP contribution in [-0.4, -0.2) is 71.7 Å². The second-order valence-electron chi connectivity index (χ2n) is 7.01. The first-order valence-corrected chi connectivity index (χ1v) is 9.78. The van der Waals surface area contributed by atoms with E-state index in [1.807, 2.05) is 0 Å². The van der Waals surface area contributed by atoms with Crippen molar-refractivity contribution in [3.05, 3.63) is 33.9 Å². The van der Waals surface area contributed by atoms with Crippen molar-refractivity contribution in [2.24, 2.45) is 0 Å². The number of nitro benzene ring substituents is 1. The number of nitrogens with zero attached hydrogens (tertiary/aromatic N) is 1. The molecule has 1 aliphatic heterocycles. The highest BCUT2D eigenvalue weighted by atomic mass is 16.7. The van der Waals surface area contributed by atoms with Crippen LogP contribution in [0.15, 0.2) is 18.2 Å². The Labute approximate surface area is 192 Å². The van der Waals surface area contributed by atoms with Crippen molar-refractivity contribution in [2.75, 3.05) is 7.11 Å². The van der Waals surface area contributed by atoms with E-state index in [2.05, 4.69) is 4.74 Å². The molecule has 1 N–H and O–H groups in total. The summed E-state index contributed by atoms with van der Waals surface area (Å²) in [7, 11) is 1.02. The first kappa shape index (κ1) is 26.5. The normalized spacial score (nSPS) is 23.9. The van der Waals surface area contributed by atoms with Crippen LogP contribution in [0.2, 0.25) is 0 Å². The van der Waals surface area contributed by atoms with Gasteiger partial charge in [0.1, 0.15) is 0 Å². The van der Waals surface area contributed by atoms with Crippen molar-refractivity contribution in [1.29, 1.82) is 0 Å².